The van der Waals surface area contributed by atoms with E-state index in [1.165, 1.54) is 17.3 Å². The molecule has 1 aromatic rings. The molecule has 2 N–H and O–H groups in total. The van der Waals surface area contributed by atoms with E-state index in [1.807, 2.05) is 30.0 Å². The summed E-state index contributed by atoms with van der Waals surface area (Å²) < 4.78 is 0. The number of anilines is 1. The molecule has 1 saturated heterocycles. The van der Waals surface area contributed by atoms with E-state index in [0.717, 1.165) is 36.8 Å². The number of hydrogen-bond donors (Lipinski definition) is 1. The van der Waals surface area contributed by atoms with Crippen molar-refractivity contribution in [1.29, 1.82) is 0 Å². The SMILES string of the molecule is Cc1ccc(N)c(SCC(=O)N2CCN(C)CC2)c1. The predicted molar refractivity (Wildman–Crippen MR) is 80.4 cm³/mol. The summed E-state index contributed by atoms with van der Waals surface area (Å²) in [5.74, 6) is 0.677. The summed E-state index contributed by atoms with van der Waals surface area (Å²) in [4.78, 5) is 17.3. The van der Waals surface area contributed by atoms with E-state index in [1.54, 1.807) is 0 Å². The van der Waals surface area contributed by atoms with Crippen LogP contribution in [0, 0.1) is 6.92 Å². The van der Waals surface area contributed by atoms with E-state index in [-0.39, 0.29) is 5.91 Å². The number of likely N-dealkylation sites (N-methyl/N-ethyl adjacent to an activating group) is 1. The molecule has 0 bridgehead atoms. The Morgan fingerprint density at radius 1 is 1.32 bits per heavy atom. The predicted octanol–water partition coefficient (Wildman–Crippen LogP) is 1.44. The summed E-state index contributed by atoms with van der Waals surface area (Å²) in [6.07, 6.45) is 0. The third-order valence-corrected chi connectivity index (χ3v) is 4.43. The van der Waals surface area contributed by atoms with Gasteiger partial charge in [-0.15, -0.1) is 11.8 Å². The van der Waals surface area contributed by atoms with Crippen LogP contribution in [0.25, 0.3) is 0 Å². The highest BCUT2D eigenvalue weighted by Gasteiger charge is 2.19. The first-order chi connectivity index (χ1) is 9.06. The minimum Gasteiger partial charge on any atom is -0.398 e. The molecule has 1 aliphatic rings. The molecule has 0 saturated carbocycles. The van der Waals surface area contributed by atoms with Crippen molar-refractivity contribution in [1.82, 2.24) is 9.80 Å². The average molecular weight is 279 g/mol. The van der Waals surface area contributed by atoms with Crippen molar-refractivity contribution >= 4 is 23.4 Å². The molecule has 1 aliphatic heterocycles. The van der Waals surface area contributed by atoms with Crippen LogP contribution < -0.4 is 5.73 Å². The number of hydrogen-bond acceptors (Lipinski definition) is 4. The third kappa shape index (κ3) is 3.88. The number of amides is 1. The molecule has 0 unspecified atom stereocenters. The molecule has 1 aromatic carbocycles. The van der Waals surface area contributed by atoms with Crippen molar-refractivity contribution in [2.75, 3.05) is 44.7 Å². The van der Waals surface area contributed by atoms with Crippen LogP contribution in [0.3, 0.4) is 0 Å². The van der Waals surface area contributed by atoms with Crippen molar-refractivity contribution in [3.05, 3.63) is 23.8 Å². The topological polar surface area (TPSA) is 49.6 Å². The minimum absolute atomic E-state index is 0.207. The number of aryl methyl sites for hydroxylation is 1. The molecular formula is C14H21N3OS. The molecule has 0 aromatic heterocycles. The van der Waals surface area contributed by atoms with Crippen LogP contribution in [0.1, 0.15) is 5.56 Å². The highest BCUT2D eigenvalue weighted by molar-refractivity contribution is 8.00. The van der Waals surface area contributed by atoms with Crippen LogP contribution in [0.5, 0.6) is 0 Å². The van der Waals surface area contributed by atoms with Gasteiger partial charge in [0.25, 0.3) is 0 Å². The van der Waals surface area contributed by atoms with Crippen LogP contribution in [0.15, 0.2) is 23.1 Å². The lowest BCUT2D eigenvalue weighted by Gasteiger charge is -2.32. The van der Waals surface area contributed by atoms with E-state index in [4.69, 9.17) is 5.73 Å². The lowest BCUT2D eigenvalue weighted by Crippen LogP contribution is -2.47. The summed E-state index contributed by atoms with van der Waals surface area (Å²) >= 11 is 1.53. The standard InChI is InChI=1S/C14H21N3OS/c1-11-3-4-12(15)13(9-11)19-10-14(18)17-7-5-16(2)6-8-17/h3-4,9H,5-8,10,15H2,1-2H3. The highest BCUT2D eigenvalue weighted by atomic mass is 32.2. The van der Waals surface area contributed by atoms with Gasteiger partial charge in [-0.05, 0) is 31.7 Å². The zero-order valence-electron chi connectivity index (χ0n) is 11.6. The summed E-state index contributed by atoms with van der Waals surface area (Å²) in [6, 6.07) is 5.93. The van der Waals surface area contributed by atoms with Crippen LogP contribution in [-0.4, -0.2) is 54.7 Å². The van der Waals surface area contributed by atoms with E-state index >= 15 is 0 Å². The van der Waals surface area contributed by atoms with Gasteiger partial charge in [0, 0.05) is 36.8 Å². The maximum Gasteiger partial charge on any atom is 0.233 e. The van der Waals surface area contributed by atoms with Crippen molar-refractivity contribution in [3.8, 4) is 0 Å². The van der Waals surface area contributed by atoms with Crippen LogP contribution in [0.2, 0.25) is 0 Å². The number of piperazine rings is 1. The van der Waals surface area contributed by atoms with Gasteiger partial charge in [0.05, 0.1) is 5.75 Å². The second kappa shape index (κ2) is 6.30. The Balaban J connectivity index is 1.88. The first-order valence-electron chi connectivity index (χ1n) is 6.51. The van der Waals surface area contributed by atoms with Gasteiger partial charge in [0.2, 0.25) is 5.91 Å². The van der Waals surface area contributed by atoms with Gasteiger partial charge in [0.15, 0.2) is 0 Å². The molecule has 1 heterocycles. The van der Waals surface area contributed by atoms with E-state index in [2.05, 4.69) is 11.9 Å². The van der Waals surface area contributed by atoms with Crippen LogP contribution in [-0.2, 0) is 4.79 Å². The monoisotopic (exact) mass is 279 g/mol. The number of nitrogens with two attached hydrogens (primary N) is 1. The largest absolute Gasteiger partial charge is 0.398 e. The van der Waals surface area contributed by atoms with Crippen LogP contribution in [0.4, 0.5) is 5.69 Å². The Morgan fingerprint density at radius 3 is 2.68 bits per heavy atom. The first kappa shape index (κ1) is 14.2. The van der Waals surface area contributed by atoms with Gasteiger partial charge < -0.3 is 15.5 Å². The second-order valence-electron chi connectivity index (χ2n) is 5.01. The molecule has 104 valence electrons. The van der Waals surface area contributed by atoms with Crippen molar-refractivity contribution in [3.63, 3.8) is 0 Å². The molecule has 0 aliphatic carbocycles. The number of rotatable bonds is 3. The molecular weight excluding hydrogens is 258 g/mol. The number of nitrogens with zero attached hydrogens (tertiary/aromatic N) is 2. The summed E-state index contributed by atoms with van der Waals surface area (Å²) in [7, 11) is 2.09. The molecule has 4 nitrogen and oxygen atoms in total. The van der Waals surface area contributed by atoms with Gasteiger partial charge >= 0.3 is 0 Å². The Kier molecular flexibility index (Phi) is 4.71. The Labute approximate surface area is 118 Å². The van der Waals surface area contributed by atoms with Crippen molar-refractivity contribution in [2.45, 2.75) is 11.8 Å². The van der Waals surface area contributed by atoms with E-state index in [0.29, 0.717) is 5.75 Å². The number of carbonyl (C=O) groups excluding carboxylic acids is 1. The van der Waals surface area contributed by atoms with E-state index in [9.17, 15) is 4.79 Å². The lowest BCUT2D eigenvalue weighted by atomic mass is 10.2. The molecule has 19 heavy (non-hydrogen) atoms. The summed E-state index contributed by atoms with van der Waals surface area (Å²) in [6.45, 7) is 5.62. The Hall–Kier alpha value is -1.20. The normalized spacial score (nSPS) is 16.6. The molecule has 0 atom stereocenters. The maximum atomic E-state index is 12.1. The van der Waals surface area contributed by atoms with Crippen molar-refractivity contribution in [2.24, 2.45) is 0 Å². The average Bonchev–Trinajstić information content (AvgIpc) is 2.40. The Morgan fingerprint density at radius 2 is 2.00 bits per heavy atom. The fourth-order valence-corrected chi connectivity index (χ4v) is 3.02. The molecule has 0 spiro atoms. The quantitative estimate of drug-likeness (QED) is 0.672. The van der Waals surface area contributed by atoms with Gasteiger partial charge in [-0.1, -0.05) is 6.07 Å². The first-order valence-corrected chi connectivity index (χ1v) is 7.50. The number of carbonyl (C=O) groups is 1. The zero-order valence-corrected chi connectivity index (χ0v) is 12.4. The molecule has 5 heteroatoms. The smallest absolute Gasteiger partial charge is 0.233 e. The van der Waals surface area contributed by atoms with Gasteiger partial charge in [-0.2, -0.15) is 0 Å². The lowest BCUT2D eigenvalue weighted by molar-refractivity contribution is -0.129. The second-order valence-corrected chi connectivity index (χ2v) is 6.03. The van der Waals surface area contributed by atoms with Gasteiger partial charge in [0.1, 0.15) is 0 Å². The number of benzene rings is 1. The molecule has 0 radical (unpaired) electrons. The summed E-state index contributed by atoms with van der Waals surface area (Å²) in [5, 5.41) is 0. The Bertz CT molecular complexity index is 456. The van der Waals surface area contributed by atoms with Gasteiger partial charge in [-0.3, -0.25) is 4.79 Å². The third-order valence-electron chi connectivity index (χ3n) is 3.38. The van der Waals surface area contributed by atoms with E-state index < -0.39 is 0 Å². The van der Waals surface area contributed by atoms with Gasteiger partial charge in [-0.25, -0.2) is 0 Å². The molecule has 1 amide bonds. The maximum absolute atomic E-state index is 12.1. The highest BCUT2D eigenvalue weighted by Crippen LogP contribution is 2.26. The summed E-state index contributed by atoms with van der Waals surface area (Å²) in [5.41, 5.74) is 7.84. The number of thioether (sulfide) groups is 1. The minimum atomic E-state index is 0.207. The fraction of sp³-hybridized carbons (Fsp3) is 0.500. The molecule has 2 rings (SSSR count). The number of nitrogen functional groups attached to an aromatic ring is 1. The fourth-order valence-electron chi connectivity index (χ4n) is 2.05. The van der Waals surface area contributed by atoms with Crippen molar-refractivity contribution < 1.29 is 4.79 Å². The van der Waals surface area contributed by atoms with Crippen LogP contribution >= 0.6 is 11.8 Å². The zero-order chi connectivity index (χ0) is 13.8. The molecule has 1 fully saturated rings.